The molecule has 0 saturated carbocycles. The summed E-state index contributed by atoms with van der Waals surface area (Å²) in [6.07, 6.45) is 10.4. The fourth-order valence-electron chi connectivity index (χ4n) is 3.67. The predicted molar refractivity (Wildman–Crippen MR) is 120 cm³/mol. The first-order valence-electron chi connectivity index (χ1n) is 10.7. The quantitative estimate of drug-likeness (QED) is 0.363. The van der Waals surface area contributed by atoms with Crippen molar-refractivity contribution in [2.75, 3.05) is 13.1 Å². The first kappa shape index (κ1) is 22.7. The number of piperidine rings is 1. The molecular weight excluding hydrogens is 396 g/mol. The fraction of sp³-hybridized carbons (Fsp3) is 0.522. The zero-order valence-electron chi connectivity index (χ0n) is 18.6. The summed E-state index contributed by atoms with van der Waals surface area (Å²) >= 11 is 0. The van der Waals surface area contributed by atoms with Crippen molar-refractivity contribution >= 4 is 18.2 Å². The highest BCUT2D eigenvalue weighted by Gasteiger charge is 2.28. The van der Waals surface area contributed by atoms with Crippen LogP contribution in [-0.2, 0) is 9.53 Å². The molecule has 8 nitrogen and oxygen atoms in total. The summed E-state index contributed by atoms with van der Waals surface area (Å²) in [5.74, 6) is -0.190. The number of aliphatic hydroxyl groups excluding tert-OH is 1. The second-order valence-electron chi connectivity index (χ2n) is 8.97. The largest absolute Gasteiger partial charge is 0.507 e. The van der Waals surface area contributed by atoms with Gasteiger partial charge in [0.25, 0.3) is 5.91 Å². The Morgan fingerprint density at radius 1 is 1.32 bits per heavy atom. The lowest BCUT2D eigenvalue weighted by Crippen LogP contribution is -2.48. The van der Waals surface area contributed by atoms with Gasteiger partial charge in [-0.3, -0.25) is 4.79 Å². The van der Waals surface area contributed by atoms with Crippen LogP contribution in [0.5, 0.6) is 0 Å². The Kier molecular flexibility index (Phi) is 6.87. The number of carbonyl (C=O) groups is 2. The van der Waals surface area contributed by atoms with Crippen LogP contribution < -0.4 is 10.7 Å². The normalized spacial score (nSPS) is 22.3. The molecule has 3 aliphatic rings. The number of hydrogen-bond donors (Lipinski definition) is 3. The minimum absolute atomic E-state index is 0.0331. The van der Waals surface area contributed by atoms with E-state index in [0.717, 1.165) is 12.0 Å². The Morgan fingerprint density at radius 2 is 2.03 bits per heavy atom. The molecule has 0 aromatic rings. The van der Waals surface area contributed by atoms with Gasteiger partial charge in [0.2, 0.25) is 0 Å². The van der Waals surface area contributed by atoms with Crippen molar-refractivity contribution in [3.63, 3.8) is 0 Å². The van der Waals surface area contributed by atoms with Crippen LogP contribution in [0.15, 0.2) is 51.9 Å². The van der Waals surface area contributed by atoms with E-state index in [9.17, 15) is 14.7 Å². The van der Waals surface area contributed by atoms with Gasteiger partial charge in [0, 0.05) is 30.3 Å². The molecule has 0 bridgehead atoms. The smallest absolute Gasteiger partial charge is 0.410 e. The van der Waals surface area contributed by atoms with E-state index in [4.69, 9.17) is 4.74 Å². The van der Waals surface area contributed by atoms with Gasteiger partial charge < -0.3 is 25.5 Å². The number of fused-ring (bicyclic) bond motifs is 1. The molecule has 168 valence electrons. The highest BCUT2D eigenvalue weighted by atomic mass is 16.6. The second kappa shape index (κ2) is 9.41. The average Bonchev–Trinajstić information content (AvgIpc) is 3.18. The summed E-state index contributed by atoms with van der Waals surface area (Å²) in [7, 11) is 0. The molecule has 8 heteroatoms. The third kappa shape index (κ3) is 5.99. The maximum absolute atomic E-state index is 12.7. The number of aliphatic hydroxyl groups is 1. The number of carbonyl (C=O) groups excluding carboxylic acids is 2. The Bertz CT molecular complexity index is 868. The predicted octanol–water partition coefficient (Wildman–Crippen LogP) is 3.10. The molecule has 1 aliphatic carbocycles. The number of hydrogen-bond acceptors (Lipinski definition) is 6. The maximum Gasteiger partial charge on any atom is 0.410 e. The Labute approximate surface area is 183 Å². The second-order valence-corrected chi connectivity index (χ2v) is 8.97. The molecule has 0 aromatic heterocycles. The van der Waals surface area contributed by atoms with E-state index in [-0.39, 0.29) is 29.8 Å². The van der Waals surface area contributed by atoms with Gasteiger partial charge in [0.15, 0.2) is 0 Å². The molecule has 1 atom stereocenters. The van der Waals surface area contributed by atoms with Crippen molar-refractivity contribution in [1.82, 2.24) is 15.6 Å². The zero-order valence-corrected chi connectivity index (χ0v) is 18.6. The lowest BCUT2D eigenvalue weighted by molar-refractivity contribution is -0.118. The minimum atomic E-state index is -0.525. The van der Waals surface area contributed by atoms with Crippen LogP contribution in [0.3, 0.4) is 0 Å². The van der Waals surface area contributed by atoms with E-state index in [2.05, 4.69) is 15.8 Å². The van der Waals surface area contributed by atoms with Crippen LogP contribution >= 0.6 is 0 Å². The van der Waals surface area contributed by atoms with E-state index in [0.29, 0.717) is 37.1 Å². The first-order chi connectivity index (χ1) is 14.7. The Balaban J connectivity index is 1.54. The highest BCUT2D eigenvalue weighted by molar-refractivity contribution is 5.96. The Hall–Kier alpha value is -3.03. The molecule has 3 N–H and O–H groups in total. The summed E-state index contributed by atoms with van der Waals surface area (Å²) in [4.78, 5) is 26.6. The summed E-state index contributed by atoms with van der Waals surface area (Å²) in [5, 5.41) is 17.6. The number of ether oxygens (including phenoxy) is 1. The number of amides is 2. The molecule has 0 spiro atoms. The summed E-state index contributed by atoms with van der Waals surface area (Å²) in [6.45, 7) is 8.36. The number of nitrogens with zero attached hydrogens (tertiary/aromatic N) is 2. The van der Waals surface area contributed by atoms with Crippen molar-refractivity contribution in [2.24, 2.45) is 5.10 Å². The third-order valence-electron chi connectivity index (χ3n) is 5.39. The molecule has 31 heavy (non-hydrogen) atoms. The van der Waals surface area contributed by atoms with Gasteiger partial charge in [-0.05, 0) is 64.7 Å². The molecule has 0 aromatic carbocycles. The van der Waals surface area contributed by atoms with Gasteiger partial charge in [-0.25, -0.2) is 4.79 Å². The standard InChI is InChI=1S/C23H32N4O4/c1-5-15(13-20(28)16-6-7-19-17(12-16)14-24-26-19)21(29)25-18-8-10-27(11-9-18)22(30)31-23(2,3)4/h5-6,12-14,18-19,26,28H,7-11H2,1-4H3,(H,25,29)/b15-5-,20-13-. The molecule has 2 amide bonds. The summed E-state index contributed by atoms with van der Waals surface area (Å²) in [5.41, 5.74) is 4.57. The van der Waals surface area contributed by atoms with Crippen LogP contribution in [0.1, 0.15) is 47.0 Å². The first-order valence-corrected chi connectivity index (χ1v) is 10.7. The van der Waals surface area contributed by atoms with Crippen molar-refractivity contribution in [3.8, 4) is 0 Å². The van der Waals surface area contributed by atoms with Crippen LogP contribution in [0.4, 0.5) is 4.79 Å². The van der Waals surface area contributed by atoms with Gasteiger partial charge >= 0.3 is 6.09 Å². The number of likely N-dealkylation sites (tertiary alicyclic amines) is 1. The SMILES string of the molecule is C/C=C(/C=C(\O)C1=CCC2NN=CC2=C1)C(=O)NC1CCN(C(=O)OC(C)(C)C)CC1. The van der Waals surface area contributed by atoms with Gasteiger partial charge in [0.05, 0.1) is 12.3 Å². The van der Waals surface area contributed by atoms with Crippen molar-refractivity contribution in [1.29, 1.82) is 0 Å². The summed E-state index contributed by atoms with van der Waals surface area (Å²) < 4.78 is 5.41. The van der Waals surface area contributed by atoms with Crippen molar-refractivity contribution in [3.05, 3.63) is 46.8 Å². The van der Waals surface area contributed by atoms with E-state index in [1.807, 2.05) is 32.9 Å². The summed E-state index contributed by atoms with van der Waals surface area (Å²) in [6, 6.07) is 0.127. The number of nitrogens with one attached hydrogen (secondary N) is 2. The van der Waals surface area contributed by atoms with Crippen molar-refractivity contribution < 1.29 is 19.4 Å². The number of allylic oxidation sites excluding steroid dienone is 2. The van der Waals surface area contributed by atoms with Crippen LogP contribution in [0, 0.1) is 0 Å². The van der Waals surface area contributed by atoms with E-state index < -0.39 is 5.60 Å². The lowest BCUT2D eigenvalue weighted by atomic mass is 9.95. The Morgan fingerprint density at radius 3 is 2.68 bits per heavy atom. The monoisotopic (exact) mass is 428 g/mol. The molecule has 2 aliphatic heterocycles. The molecule has 0 radical (unpaired) electrons. The molecule has 1 unspecified atom stereocenters. The minimum Gasteiger partial charge on any atom is -0.507 e. The van der Waals surface area contributed by atoms with Gasteiger partial charge in [-0.2, -0.15) is 5.10 Å². The number of hydrazone groups is 1. The average molecular weight is 429 g/mol. The molecule has 2 heterocycles. The number of rotatable bonds is 4. The van der Waals surface area contributed by atoms with Crippen LogP contribution in [0.25, 0.3) is 0 Å². The molecule has 1 saturated heterocycles. The molecular formula is C23H32N4O4. The maximum atomic E-state index is 12.7. The van der Waals surface area contributed by atoms with Gasteiger partial charge in [-0.1, -0.05) is 12.2 Å². The van der Waals surface area contributed by atoms with Crippen LogP contribution in [0.2, 0.25) is 0 Å². The lowest BCUT2D eigenvalue weighted by Gasteiger charge is -2.33. The fourth-order valence-corrected chi connectivity index (χ4v) is 3.67. The molecule has 3 rings (SSSR count). The van der Waals surface area contributed by atoms with Crippen LogP contribution in [-0.4, -0.2) is 59.0 Å². The van der Waals surface area contributed by atoms with Gasteiger partial charge in [-0.15, -0.1) is 0 Å². The van der Waals surface area contributed by atoms with Gasteiger partial charge in [0.1, 0.15) is 11.4 Å². The third-order valence-corrected chi connectivity index (χ3v) is 5.39. The van der Waals surface area contributed by atoms with E-state index >= 15 is 0 Å². The van der Waals surface area contributed by atoms with Crippen molar-refractivity contribution in [2.45, 2.75) is 64.6 Å². The highest BCUT2D eigenvalue weighted by Crippen LogP contribution is 2.24. The molecule has 1 fully saturated rings. The van der Waals surface area contributed by atoms with E-state index in [1.165, 1.54) is 6.08 Å². The van der Waals surface area contributed by atoms with E-state index in [1.54, 1.807) is 24.1 Å². The zero-order chi connectivity index (χ0) is 22.6. The topological polar surface area (TPSA) is 103 Å².